The maximum absolute atomic E-state index is 4.91. The monoisotopic (exact) mass is 323 g/mol. The van der Waals surface area contributed by atoms with Crippen molar-refractivity contribution in [1.29, 1.82) is 0 Å². The van der Waals surface area contributed by atoms with Crippen molar-refractivity contribution in [2.24, 2.45) is 0 Å². The van der Waals surface area contributed by atoms with E-state index in [9.17, 15) is 0 Å². The summed E-state index contributed by atoms with van der Waals surface area (Å²) in [6.07, 6.45) is 4.91. The summed E-state index contributed by atoms with van der Waals surface area (Å²) in [5.41, 5.74) is 0. The van der Waals surface area contributed by atoms with E-state index < -0.39 is 0 Å². The molecule has 0 atom stereocenters. The molecular formula is C22H45N. The number of hydrogen-bond donors (Lipinski definition) is 0. The summed E-state index contributed by atoms with van der Waals surface area (Å²) < 4.78 is 0. The molecule has 0 spiro atoms. The van der Waals surface area contributed by atoms with Gasteiger partial charge in [-0.25, -0.2) is 0 Å². The Hall–Kier alpha value is -4.16. The van der Waals surface area contributed by atoms with Crippen LogP contribution in [0.4, 0.5) is 0 Å². The van der Waals surface area contributed by atoms with Gasteiger partial charge in [0, 0.05) is 90.8 Å². The van der Waals surface area contributed by atoms with Gasteiger partial charge < -0.3 is 4.90 Å². The molecule has 0 bridgehead atoms. The average Bonchev–Trinajstić information content (AvgIpc) is 2.58. The number of nitrogens with zero attached hydrogens (tertiary/aromatic N) is 1. The van der Waals surface area contributed by atoms with Crippen LogP contribution in [0, 0.1) is 107 Å². The summed E-state index contributed by atoms with van der Waals surface area (Å²) in [5, 5.41) is 0. The van der Waals surface area contributed by atoms with Crippen LogP contribution in [0.1, 0.15) is 38.1 Å². The van der Waals surface area contributed by atoms with Gasteiger partial charge in [0.2, 0.25) is 0 Å². The first-order chi connectivity index (χ1) is 11.3. The molecule has 138 valence electrons. The molecule has 0 rings (SSSR count). The van der Waals surface area contributed by atoms with E-state index in [0.717, 1.165) is 13.1 Å². The Balaban J connectivity index is -0.0000000178. The van der Waals surface area contributed by atoms with Crippen molar-refractivity contribution in [3.63, 3.8) is 0 Å². The molecule has 0 aromatic rings. The molecule has 0 aliphatic rings. The summed E-state index contributed by atoms with van der Waals surface area (Å²) in [6, 6.07) is 2.91. The molecule has 1 heteroatoms. The predicted molar refractivity (Wildman–Crippen MR) is 130 cm³/mol. The largest absolute Gasteiger partial charge is 0.332 e. The highest BCUT2D eigenvalue weighted by Gasteiger charge is 1.85. The van der Waals surface area contributed by atoms with Crippen molar-refractivity contribution in [1.82, 2.24) is 4.90 Å². The van der Waals surface area contributed by atoms with Gasteiger partial charge in [0.05, 0.1) is 0 Å². The van der Waals surface area contributed by atoms with Crippen molar-refractivity contribution in [2.45, 2.75) is 13.8 Å². The SMILES string of the molecule is C#CC#CC#CC#CC#CC#CC#CC#CC#CN(CC)CC.[HH].[HH].[HH].[HH].[HH].[HH].[HH].[HH].[HH].[HH].[HH].[HH].[HH].[HH].[HH].[HH].[HH]. The minimum atomic E-state index is 0. The quantitative estimate of drug-likeness (QED) is 0.503. The van der Waals surface area contributed by atoms with Gasteiger partial charge in [-0.2, -0.15) is 0 Å². The molecule has 0 aromatic heterocycles. The van der Waals surface area contributed by atoms with Crippen LogP contribution in [-0.2, 0) is 0 Å². The number of hydrogen-bond acceptors (Lipinski definition) is 1. The second-order valence-electron chi connectivity index (χ2n) is 3.30. The van der Waals surface area contributed by atoms with Gasteiger partial charge in [0.15, 0.2) is 0 Å². The first kappa shape index (κ1) is 18.8. The zero-order valence-electron chi connectivity index (χ0n) is 12.9. The first-order valence-electron chi connectivity index (χ1n) is 6.56. The fourth-order valence-corrected chi connectivity index (χ4v) is 0.931. The van der Waals surface area contributed by atoms with Crippen molar-refractivity contribution in [3.05, 3.63) is 0 Å². The fourth-order valence-electron chi connectivity index (χ4n) is 0.931. The fraction of sp³-hybridized carbons (Fsp3) is 0.182. The predicted octanol–water partition coefficient (Wildman–Crippen LogP) is 5.13. The molecule has 0 aromatic carbocycles. The Bertz CT molecular complexity index is 976. The zero-order valence-corrected chi connectivity index (χ0v) is 12.9. The summed E-state index contributed by atoms with van der Waals surface area (Å²) >= 11 is 0. The van der Waals surface area contributed by atoms with E-state index in [1.807, 2.05) is 18.7 Å². The van der Waals surface area contributed by atoms with Crippen LogP contribution in [0.2, 0.25) is 0 Å². The van der Waals surface area contributed by atoms with Gasteiger partial charge in [-0.05, 0) is 61.2 Å². The van der Waals surface area contributed by atoms with E-state index in [1.54, 1.807) is 0 Å². The lowest BCUT2D eigenvalue weighted by atomic mass is 10.5. The average molecular weight is 324 g/mol. The summed E-state index contributed by atoms with van der Waals surface area (Å²) in [4.78, 5) is 1.95. The molecule has 0 heterocycles. The van der Waals surface area contributed by atoms with Crippen LogP contribution in [0.15, 0.2) is 0 Å². The maximum Gasteiger partial charge on any atom is 0.0232 e. The summed E-state index contributed by atoms with van der Waals surface area (Å²) in [5.74, 6) is 39.9. The van der Waals surface area contributed by atoms with E-state index in [-0.39, 0.29) is 24.3 Å². The Morgan fingerprint density at radius 3 is 1.17 bits per heavy atom. The van der Waals surface area contributed by atoms with Gasteiger partial charge in [-0.15, -0.1) is 6.42 Å². The second kappa shape index (κ2) is 15.9. The van der Waals surface area contributed by atoms with Crippen LogP contribution in [-0.4, -0.2) is 18.0 Å². The first-order valence-corrected chi connectivity index (χ1v) is 6.56. The third-order valence-corrected chi connectivity index (χ3v) is 1.92. The summed E-state index contributed by atoms with van der Waals surface area (Å²) in [7, 11) is 0. The van der Waals surface area contributed by atoms with Crippen molar-refractivity contribution in [3.8, 4) is 107 Å². The molecule has 0 fully saturated rings. The standard InChI is InChI=1S/C22H11N.17H2/c1-4-7-8-9-10-11-12-13-14-15-16-17-18-19-20-21-22-23(5-2)6-3;;;;;;;;;;;;;;;;;/h1H,5-6H2,2-3H3;17*1H. The molecule has 0 aliphatic carbocycles. The number of terminal acetylenes is 1. The Morgan fingerprint density at radius 1 is 0.565 bits per heavy atom. The van der Waals surface area contributed by atoms with Crippen molar-refractivity contribution < 1.29 is 24.3 Å². The van der Waals surface area contributed by atoms with Crippen molar-refractivity contribution in [2.75, 3.05) is 13.1 Å². The molecule has 23 heavy (non-hydrogen) atoms. The zero-order chi connectivity index (χ0) is 17.0. The number of rotatable bonds is 2. The van der Waals surface area contributed by atoms with Gasteiger partial charge in [0.1, 0.15) is 0 Å². The Kier molecular flexibility index (Phi) is 13.0. The van der Waals surface area contributed by atoms with Gasteiger partial charge in [-0.3, -0.25) is 0 Å². The molecular weight excluding hydrogens is 278 g/mol. The van der Waals surface area contributed by atoms with E-state index in [2.05, 4.69) is 101 Å². The lowest BCUT2D eigenvalue weighted by molar-refractivity contribution is 0.444. The highest BCUT2D eigenvalue weighted by molar-refractivity contribution is 5.46. The van der Waals surface area contributed by atoms with E-state index in [1.165, 1.54) is 0 Å². The molecule has 0 saturated carbocycles. The minimum Gasteiger partial charge on any atom is -0.332 e. The summed E-state index contributed by atoms with van der Waals surface area (Å²) in [6.45, 7) is 5.81. The normalized spacial score (nSPS) is 5.09. The van der Waals surface area contributed by atoms with Gasteiger partial charge in [0.25, 0.3) is 0 Å². The second-order valence-corrected chi connectivity index (χ2v) is 3.30. The molecule has 0 N–H and O–H groups in total. The van der Waals surface area contributed by atoms with Crippen LogP contribution in [0.25, 0.3) is 0 Å². The highest BCUT2D eigenvalue weighted by Crippen LogP contribution is 1.80. The van der Waals surface area contributed by atoms with Crippen molar-refractivity contribution >= 4 is 0 Å². The lowest BCUT2D eigenvalue weighted by Gasteiger charge is -2.09. The molecule has 0 radical (unpaired) electrons. The molecule has 0 aliphatic heterocycles. The molecule has 0 unspecified atom stereocenters. The van der Waals surface area contributed by atoms with Gasteiger partial charge in [-0.1, -0.05) is 0 Å². The Labute approximate surface area is 164 Å². The third kappa shape index (κ3) is 14.1. The smallest absolute Gasteiger partial charge is 0.0232 e. The maximum atomic E-state index is 4.91. The van der Waals surface area contributed by atoms with E-state index in [0.29, 0.717) is 0 Å². The minimum absolute atomic E-state index is 0. The lowest BCUT2D eigenvalue weighted by Crippen LogP contribution is -2.15. The van der Waals surface area contributed by atoms with Crippen LogP contribution in [0.3, 0.4) is 0 Å². The van der Waals surface area contributed by atoms with E-state index >= 15 is 0 Å². The highest BCUT2D eigenvalue weighted by atomic mass is 15.1. The van der Waals surface area contributed by atoms with Crippen LogP contribution in [0.5, 0.6) is 0 Å². The topological polar surface area (TPSA) is 3.24 Å². The van der Waals surface area contributed by atoms with Crippen LogP contribution < -0.4 is 0 Å². The van der Waals surface area contributed by atoms with Gasteiger partial charge >= 0.3 is 0 Å². The molecule has 0 amide bonds. The molecule has 0 saturated heterocycles. The Morgan fingerprint density at radius 2 is 0.870 bits per heavy atom. The van der Waals surface area contributed by atoms with Crippen LogP contribution >= 0.6 is 0 Å². The van der Waals surface area contributed by atoms with E-state index in [4.69, 9.17) is 6.42 Å². The molecule has 1 nitrogen and oxygen atoms in total. The third-order valence-electron chi connectivity index (χ3n) is 1.92.